The molecule has 0 aliphatic heterocycles. The minimum absolute atomic E-state index is 0.00687. The molecule has 0 bridgehead atoms. The number of aliphatic hydroxyl groups is 1. The van der Waals surface area contributed by atoms with Crippen LogP contribution in [-0.4, -0.2) is 29.8 Å². The molecule has 1 saturated carbocycles. The average molecular weight is 215 g/mol. The van der Waals surface area contributed by atoms with Gasteiger partial charge in [0.25, 0.3) is 0 Å². The van der Waals surface area contributed by atoms with Crippen LogP contribution in [0.1, 0.15) is 44.9 Å². The van der Waals surface area contributed by atoms with E-state index in [1.165, 1.54) is 12.8 Å². The van der Waals surface area contributed by atoms with E-state index in [9.17, 15) is 9.90 Å². The summed E-state index contributed by atoms with van der Waals surface area (Å²) < 4.78 is 5.24. The van der Waals surface area contributed by atoms with Crippen LogP contribution in [0.15, 0.2) is 0 Å². The van der Waals surface area contributed by atoms with Crippen molar-refractivity contribution in [1.82, 2.24) is 0 Å². The number of hydrogen-bond donors (Lipinski definition) is 2. The molecule has 0 unspecified atom stereocenters. The van der Waals surface area contributed by atoms with Gasteiger partial charge in [-0.1, -0.05) is 12.8 Å². The molecule has 1 rings (SSSR count). The van der Waals surface area contributed by atoms with Gasteiger partial charge in [0.05, 0.1) is 0 Å². The van der Waals surface area contributed by atoms with Gasteiger partial charge in [-0.05, 0) is 38.6 Å². The van der Waals surface area contributed by atoms with Crippen molar-refractivity contribution in [2.75, 3.05) is 6.54 Å². The summed E-state index contributed by atoms with van der Waals surface area (Å²) in [5.41, 5.74) is 5.26. The predicted octanol–water partition coefficient (Wildman–Crippen LogP) is 0.962. The highest BCUT2D eigenvalue weighted by Crippen LogP contribution is 2.20. The highest BCUT2D eigenvalue weighted by Gasteiger charge is 2.21. The fourth-order valence-electron chi connectivity index (χ4n) is 1.88. The van der Waals surface area contributed by atoms with Crippen LogP contribution in [0.5, 0.6) is 0 Å². The summed E-state index contributed by atoms with van der Waals surface area (Å²) in [6.45, 7) is 0.306. The van der Waals surface area contributed by atoms with E-state index in [1.54, 1.807) is 0 Å². The van der Waals surface area contributed by atoms with Crippen LogP contribution in [-0.2, 0) is 9.53 Å². The number of rotatable bonds is 4. The van der Waals surface area contributed by atoms with Crippen LogP contribution in [0.2, 0.25) is 0 Å². The number of carbonyl (C=O) groups is 1. The van der Waals surface area contributed by atoms with Crippen LogP contribution in [0.3, 0.4) is 0 Å². The molecule has 0 amide bonds. The largest absolute Gasteiger partial charge is 0.460 e. The lowest BCUT2D eigenvalue weighted by molar-refractivity contribution is -0.159. The van der Waals surface area contributed by atoms with Crippen molar-refractivity contribution in [3.63, 3.8) is 0 Å². The Labute approximate surface area is 90.8 Å². The van der Waals surface area contributed by atoms with Crippen LogP contribution in [0, 0.1) is 0 Å². The Bertz CT molecular complexity index is 188. The minimum atomic E-state index is -1.04. The quantitative estimate of drug-likeness (QED) is 0.541. The van der Waals surface area contributed by atoms with Crippen molar-refractivity contribution < 1.29 is 14.6 Å². The summed E-state index contributed by atoms with van der Waals surface area (Å²) in [7, 11) is 0. The van der Waals surface area contributed by atoms with Gasteiger partial charge in [0, 0.05) is 0 Å². The molecule has 0 heterocycles. The van der Waals surface area contributed by atoms with Gasteiger partial charge in [-0.2, -0.15) is 0 Å². The van der Waals surface area contributed by atoms with Gasteiger partial charge in [0.1, 0.15) is 6.10 Å². The molecule has 3 N–H and O–H groups in total. The van der Waals surface area contributed by atoms with Crippen LogP contribution >= 0.6 is 0 Å². The summed E-state index contributed by atoms with van der Waals surface area (Å²) >= 11 is 0. The van der Waals surface area contributed by atoms with Crippen LogP contribution < -0.4 is 5.73 Å². The number of esters is 1. The summed E-state index contributed by atoms with van der Waals surface area (Å²) in [6, 6.07) is 0. The maximum absolute atomic E-state index is 11.4. The monoisotopic (exact) mass is 215 g/mol. The zero-order valence-electron chi connectivity index (χ0n) is 9.15. The highest BCUT2D eigenvalue weighted by atomic mass is 16.6. The molecule has 0 aromatic heterocycles. The molecule has 0 aromatic rings. The summed E-state index contributed by atoms with van der Waals surface area (Å²) in [6.07, 6.45) is 5.79. The van der Waals surface area contributed by atoms with Gasteiger partial charge in [0.15, 0.2) is 6.10 Å². The Kier molecular flexibility index (Phi) is 5.65. The summed E-state index contributed by atoms with van der Waals surface area (Å²) in [5, 5.41) is 9.36. The zero-order valence-corrected chi connectivity index (χ0v) is 9.15. The molecule has 1 fully saturated rings. The van der Waals surface area contributed by atoms with Gasteiger partial charge in [-0.15, -0.1) is 0 Å². The molecule has 4 nitrogen and oxygen atoms in total. The van der Waals surface area contributed by atoms with Crippen LogP contribution in [0.25, 0.3) is 0 Å². The van der Waals surface area contributed by atoms with E-state index < -0.39 is 12.1 Å². The third-order valence-electron chi connectivity index (χ3n) is 2.80. The summed E-state index contributed by atoms with van der Waals surface area (Å²) in [5.74, 6) is -0.507. The van der Waals surface area contributed by atoms with E-state index in [2.05, 4.69) is 0 Å². The molecule has 88 valence electrons. The standard InChI is InChI=1S/C11H21NO3/c12-8-7-10(13)11(14)15-9-5-3-1-2-4-6-9/h9-10,13H,1-8,12H2/t10-/m0/s1. The second-order valence-corrected chi connectivity index (χ2v) is 4.14. The van der Waals surface area contributed by atoms with E-state index in [-0.39, 0.29) is 12.5 Å². The van der Waals surface area contributed by atoms with Gasteiger partial charge in [-0.25, -0.2) is 4.79 Å². The molecular formula is C11H21NO3. The Morgan fingerprint density at radius 2 is 1.93 bits per heavy atom. The third-order valence-corrected chi connectivity index (χ3v) is 2.80. The van der Waals surface area contributed by atoms with Crippen molar-refractivity contribution in [2.24, 2.45) is 5.73 Å². The first-order valence-electron chi connectivity index (χ1n) is 5.82. The first kappa shape index (κ1) is 12.5. The van der Waals surface area contributed by atoms with Crippen LogP contribution in [0.4, 0.5) is 0 Å². The van der Waals surface area contributed by atoms with Gasteiger partial charge < -0.3 is 15.6 Å². The van der Waals surface area contributed by atoms with Gasteiger partial charge in [0.2, 0.25) is 0 Å². The van der Waals surface area contributed by atoms with Gasteiger partial charge in [-0.3, -0.25) is 0 Å². The topological polar surface area (TPSA) is 72.5 Å². The lowest BCUT2D eigenvalue weighted by Crippen LogP contribution is -2.29. The van der Waals surface area contributed by atoms with Crippen molar-refractivity contribution in [1.29, 1.82) is 0 Å². The second kappa shape index (κ2) is 6.80. The highest BCUT2D eigenvalue weighted by molar-refractivity contribution is 5.74. The number of aliphatic hydroxyl groups excluding tert-OH is 1. The molecule has 4 heteroatoms. The smallest absolute Gasteiger partial charge is 0.335 e. The molecule has 15 heavy (non-hydrogen) atoms. The third kappa shape index (κ3) is 4.62. The number of nitrogens with two attached hydrogens (primary N) is 1. The van der Waals surface area contributed by atoms with Gasteiger partial charge >= 0.3 is 5.97 Å². The molecule has 0 saturated heterocycles. The van der Waals surface area contributed by atoms with Crippen molar-refractivity contribution >= 4 is 5.97 Å². The Morgan fingerprint density at radius 1 is 1.33 bits per heavy atom. The zero-order chi connectivity index (χ0) is 11.1. The summed E-state index contributed by atoms with van der Waals surface area (Å²) in [4.78, 5) is 11.4. The predicted molar refractivity (Wildman–Crippen MR) is 57.3 cm³/mol. The first-order valence-corrected chi connectivity index (χ1v) is 5.82. The molecule has 1 atom stereocenters. The molecule has 0 spiro atoms. The lowest BCUT2D eigenvalue weighted by atomic mass is 10.1. The molecule has 0 radical (unpaired) electrons. The first-order chi connectivity index (χ1) is 7.24. The second-order valence-electron chi connectivity index (χ2n) is 4.14. The van der Waals surface area contributed by atoms with E-state index >= 15 is 0 Å². The molecule has 1 aliphatic carbocycles. The van der Waals surface area contributed by atoms with Crippen molar-refractivity contribution in [3.05, 3.63) is 0 Å². The SMILES string of the molecule is NCC[C@H](O)C(=O)OC1CCCCCC1. The van der Waals surface area contributed by atoms with Crippen molar-refractivity contribution in [3.8, 4) is 0 Å². The lowest BCUT2D eigenvalue weighted by Gasteiger charge is -2.17. The average Bonchev–Trinajstić information content (AvgIpc) is 2.46. The Morgan fingerprint density at radius 3 is 2.47 bits per heavy atom. The number of carbonyl (C=O) groups excluding carboxylic acids is 1. The van der Waals surface area contributed by atoms with E-state index in [1.807, 2.05) is 0 Å². The Hall–Kier alpha value is -0.610. The Balaban J connectivity index is 2.28. The maximum Gasteiger partial charge on any atom is 0.335 e. The van der Waals surface area contributed by atoms with E-state index in [0.717, 1.165) is 25.7 Å². The fraction of sp³-hybridized carbons (Fsp3) is 0.909. The fourth-order valence-corrected chi connectivity index (χ4v) is 1.88. The number of hydrogen-bond acceptors (Lipinski definition) is 4. The van der Waals surface area contributed by atoms with Crippen molar-refractivity contribution in [2.45, 2.75) is 57.2 Å². The molecule has 0 aromatic carbocycles. The normalized spacial score (nSPS) is 20.7. The van der Waals surface area contributed by atoms with E-state index in [4.69, 9.17) is 10.5 Å². The maximum atomic E-state index is 11.4. The number of ether oxygens (including phenoxy) is 1. The van der Waals surface area contributed by atoms with E-state index in [0.29, 0.717) is 6.54 Å². The molecular weight excluding hydrogens is 194 g/mol. The molecule has 1 aliphatic rings. The minimum Gasteiger partial charge on any atom is -0.460 e.